The van der Waals surface area contributed by atoms with E-state index in [-0.39, 0.29) is 6.10 Å². The highest BCUT2D eigenvalue weighted by molar-refractivity contribution is 5.94. The Bertz CT molecular complexity index is 405. The van der Waals surface area contributed by atoms with Crippen LogP contribution in [0.15, 0.2) is 24.3 Å². The second-order valence-corrected chi connectivity index (χ2v) is 4.27. The van der Waals surface area contributed by atoms with Gasteiger partial charge < -0.3 is 14.7 Å². The Kier molecular flexibility index (Phi) is 3.64. The predicted molar refractivity (Wildman–Crippen MR) is 65.6 cm³/mol. The van der Waals surface area contributed by atoms with Crippen molar-refractivity contribution in [2.75, 3.05) is 25.1 Å². The summed E-state index contributed by atoms with van der Waals surface area (Å²) in [6, 6.07) is 7.14. The van der Waals surface area contributed by atoms with Gasteiger partial charge in [0.15, 0.2) is 0 Å². The van der Waals surface area contributed by atoms with Crippen LogP contribution >= 0.6 is 0 Å². The van der Waals surface area contributed by atoms with Crippen molar-refractivity contribution in [1.82, 2.24) is 0 Å². The van der Waals surface area contributed by atoms with E-state index in [1.807, 2.05) is 12.1 Å². The van der Waals surface area contributed by atoms with E-state index in [2.05, 4.69) is 4.90 Å². The van der Waals surface area contributed by atoms with Gasteiger partial charge in [-0.1, -0.05) is 12.1 Å². The molecule has 0 aromatic heterocycles. The van der Waals surface area contributed by atoms with Gasteiger partial charge in [-0.15, -0.1) is 0 Å². The van der Waals surface area contributed by atoms with Crippen LogP contribution < -0.4 is 4.90 Å². The minimum absolute atomic E-state index is 0.200. The van der Waals surface area contributed by atoms with E-state index < -0.39 is 5.97 Å². The summed E-state index contributed by atoms with van der Waals surface area (Å²) in [6.07, 6.45) is 2.28. The highest BCUT2D eigenvalue weighted by Gasteiger charge is 2.22. The maximum atomic E-state index is 11.2. The smallest absolute Gasteiger partial charge is 0.337 e. The van der Waals surface area contributed by atoms with E-state index >= 15 is 0 Å². The molecule has 0 saturated carbocycles. The van der Waals surface area contributed by atoms with Crippen molar-refractivity contribution in [3.8, 4) is 0 Å². The van der Waals surface area contributed by atoms with Crippen LogP contribution in [0.25, 0.3) is 0 Å². The number of carboxylic acid groups (broad SMARTS) is 1. The average Bonchev–Trinajstić information content (AvgIpc) is 2.39. The van der Waals surface area contributed by atoms with Crippen molar-refractivity contribution in [3.05, 3.63) is 29.8 Å². The van der Waals surface area contributed by atoms with Crippen molar-refractivity contribution in [2.45, 2.75) is 18.9 Å². The maximum Gasteiger partial charge on any atom is 0.337 e. The summed E-state index contributed by atoms with van der Waals surface area (Å²) >= 11 is 0. The minimum Gasteiger partial charge on any atom is -0.478 e. The standard InChI is InChI=1S/C13H17NO3/c1-17-10-5-4-8-14(9-10)12-7-3-2-6-11(12)13(15)16/h2-3,6-7,10H,4-5,8-9H2,1H3,(H,15,16)/t10-/m0/s1. The van der Waals surface area contributed by atoms with Gasteiger partial charge >= 0.3 is 5.97 Å². The normalized spacial score (nSPS) is 20.3. The third-order valence-corrected chi connectivity index (χ3v) is 3.19. The Morgan fingerprint density at radius 3 is 2.94 bits per heavy atom. The van der Waals surface area contributed by atoms with Gasteiger partial charge in [0.05, 0.1) is 17.4 Å². The van der Waals surface area contributed by atoms with Crippen LogP contribution in [0.5, 0.6) is 0 Å². The second kappa shape index (κ2) is 5.19. The van der Waals surface area contributed by atoms with Gasteiger partial charge in [-0.2, -0.15) is 0 Å². The number of piperidine rings is 1. The van der Waals surface area contributed by atoms with Crippen molar-refractivity contribution >= 4 is 11.7 Å². The number of anilines is 1. The lowest BCUT2D eigenvalue weighted by atomic mass is 10.1. The first-order valence-corrected chi connectivity index (χ1v) is 5.82. The first-order valence-electron chi connectivity index (χ1n) is 5.82. The van der Waals surface area contributed by atoms with E-state index in [1.54, 1.807) is 19.2 Å². The fourth-order valence-corrected chi connectivity index (χ4v) is 2.28. The summed E-state index contributed by atoms with van der Waals surface area (Å²) in [4.78, 5) is 13.3. The van der Waals surface area contributed by atoms with Gasteiger partial charge in [0, 0.05) is 20.2 Å². The Labute approximate surface area is 101 Å². The summed E-state index contributed by atoms with van der Waals surface area (Å²) in [6.45, 7) is 1.66. The van der Waals surface area contributed by atoms with E-state index in [1.165, 1.54) is 0 Å². The SMILES string of the molecule is CO[C@H]1CCCN(c2ccccc2C(=O)O)C1. The number of para-hydroxylation sites is 1. The van der Waals surface area contributed by atoms with Crippen LogP contribution in [0.2, 0.25) is 0 Å². The molecule has 0 unspecified atom stereocenters. The Balaban J connectivity index is 2.24. The van der Waals surface area contributed by atoms with Crippen LogP contribution in [0.3, 0.4) is 0 Å². The molecular weight excluding hydrogens is 218 g/mol. The summed E-state index contributed by atoms with van der Waals surface area (Å²) in [5, 5.41) is 9.16. The average molecular weight is 235 g/mol. The zero-order valence-electron chi connectivity index (χ0n) is 9.93. The third kappa shape index (κ3) is 2.58. The molecule has 2 rings (SSSR count). The zero-order chi connectivity index (χ0) is 12.3. The largest absolute Gasteiger partial charge is 0.478 e. The third-order valence-electron chi connectivity index (χ3n) is 3.19. The van der Waals surface area contributed by atoms with Crippen LogP contribution in [-0.2, 0) is 4.74 Å². The van der Waals surface area contributed by atoms with Gasteiger partial charge in [0.1, 0.15) is 0 Å². The molecule has 4 heteroatoms. The second-order valence-electron chi connectivity index (χ2n) is 4.27. The molecule has 92 valence electrons. The Morgan fingerprint density at radius 1 is 1.47 bits per heavy atom. The number of carboxylic acids is 1. The molecule has 0 bridgehead atoms. The highest BCUT2D eigenvalue weighted by atomic mass is 16.5. The number of methoxy groups -OCH3 is 1. The summed E-state index contributed by atoms with van der Waals surface area (Å²) < 4.78 is 5.35. The zero-order valence-corrected chi connectivity index (χ0v) is 9.93. The molecular formula is C13H17NO3. The number of rotatable bonds is 3. The Hall–Kier alpha value is -1.55. The lowest BCUT2D eigenvalue weighted by Gasteiger charge is -2.34. The molecule has 0 radical (unpaired) electrons. The molecule has 1 aliphatic rings. The van der Waals surface area contributed by atoms with Gasteiger partial charge in [-0.25, -0.2) is 4.79 Å². The summed E-state index contributed by atoms with van der Waals surface area (Å²) in [5.41, 5.74) is 1.16. The molecule has 4 nitrogen and oxygen atoms in total. The van der Waals surface area contributed by atoms with E-state index in [0.717, 1.165) is 31.6 Å². The monoisotopic (exact) mass is 235 g/mol. The molecule has 1 saturated heterocycles. The minimum atomic E-state index is -0.875. The van der Waals surface area contributed by atoms with Crippen molar-refractivity contribution in [1.29, 1.82) is 0 Å². The number of aromatic carboxylic acids is 1. The molecule has 1 aliphatic heterocycles. The van der Waals surface area contributed by atoms with Crippen molar-refractivity contribution < 1.29 is 14.6 Å². The van der Waals surface area contributed by atoms with Gasteiger partial charge in [-0.3, -0.25) is 0 Å². The van der Waals surface area contributed by atoms with Crippen LogP contribution in [0.4, 0.5) is 5.69 Å². The van der Waals surface area contributed by atoms with Gasteiger partial charge in [0.2, 0.25) is 0 Å². The lowest BCUT2D eigenvalue weighted by molar-refractivity contribution is 0.0695. The van der Waals surface area contributed by atoms with E-state index in [4.69, 9.17) is 9.84 Å². The fraction of sp³-hybridized carbons (Fsp3) is 0.462. The number of nitrogens with zero attached hydrogens (tertiary/aromatic N) is 1. The molecule has 0 amide bonds. The fourth-order valence-electron chi connectivity index (χ4n) is 2.28. The Morgan fingerprint density at radius 2 is 2.24 bits per heavy atom. The first kappa shape index (κ1) is 11.9. The van der Waals surface area contributed by atoms with Crippen molar-refractivity contribution in [3.63, 3.8) is 0 Å². The van der Waals surface area contributed by atoms with Crippen LogP contribution in [0.1, 0.15) is 23.2 Å². The molecule has 1 atom stereocenters. The molecule has 1 aromatic rings. The molecule has 1 N–H and O–H groups in total. The van der Waals surface area contributed by atoms with Crippen LogP contribution in [-0.4, -0.2) is 37.4 Å². The number of hydrogen-bond acceptors (Lipinski definition) is 3. The molecule has 1 fully saturated rings. The summed E-state index contributed by atoms with van der Waals surface area (Å²) in [5.74, 6) is -0.875. The predicted octanol–water partition coefficient (Wildman–Crippen LogP) is 2.00. The maximum absolute atomic E-state index is 11.2. The lowest BCUT2D eigenvalue weighted by Crippen LogP contribution is -2.39. The molecule has 0 aliphatic carbocycles. The number of carbonyl (C=O) groups is 1. The number of hydrogen-bond donors (Lipinski definition) is 1. The molecule has 17 heavy (non-hydrogen) atoms. The molecule has 1 heterocycles. The highest BCUT2D eigenvalue weighted by Crippen LogP contribution is 2.24. The van der Waals surface area contributed by atoms with E-state index in [0.29, 0.717) is 5.56 Å². The molecule has 0 spiro atoms. The van der Waals surface area contributed by atoms with E-state index in [9.17, 15) is 4.79 Å². The molecule has 1 aromatic carbocycles. The topological polar surface area (TPSA) is 49.8 Å². The number of benzene rings is 1. The van der Waals surface area contributed by atoms with Crippen LogP contribution in [0, 0.1) is 0 Å². The van der Waals surface area contributed by atoms with Gasteiger partial charge in [0.25, 0.3) is 0 Å². The summed E-state index contributed by atoms with van der Waals surface area (Å²) in [7, 11) is 1.71. The first-order chi connectivity index (χ1) is 8.22. The quantitative estimate of drug-likeness (QED) is 0.870. The number of ether oxygens (including phenoxy) is 1. The van der Waals surface area contributed by atoms with Gasteiger partial charge in [-0.05, 0) is 25.0 Å². The van der Waals surface area contributed by atoms with Crippen molar-refractivity contribution in [2.24, 2.45) is 0 Å².